The molecule has 0 atom stereocenters. The van der Waals surface area contributed by atoms with Crippen LogP contribution in [0.1, 0.15) is 38.2 Å². The number of ether oxygens (including phenoxy) is 1. The molecule has 0 aliphatic rings. The summed E-state index contributed by atoms with van der Waals surface area (Å²) >= 11 is 0. The second-order valence-corrected chi connectivity index (χ2v) is 5.88. The Balaban J connectivity index is 2.22. The van der Waals surface area contributed by atoms with Crippen molar-refractivity contribution in [1.29, 1.82) is 0 Å². The molecule has 0 aliphatic carbocycles. The highest BCUT2D eigenvalue weighted by atomic mass is 19.2. The van der Waals surface area contributed by atoms with Crippen molar-refractivity contribution in [2.75, 3.05) is 6.61 Å². The van der Waals surface area contributed by atoms with Gasteiger partial charge in [-0.1, -0.05) is 43.9 Å². The highest BCUT2D eigenvalue weighted by molar-refractivity contribution is 5.48. The van der Waals surface area contributed by atoms with Crippen molar-refractivity contribution >= 4 is 11.4 Å². The van der Waals surface area contributed by atoms with E-state index in [4.69, 9.17) is 4.74 Å². The third-order valence-electron chi connectivity index (χ3n) is 3.74. The highest BCUT2D eigenvalue weighted by Gasteiger charge is 2.27. The average molecular weight is 368 g/mol. The van der Waals surface area contributed by atoms with Crippen LogP contribution in [0.2, 0.25) is 0 Å². The van der Waals surface area contributed by atoms with Crippen molar-refractivity contribution in [2.45, 2.75) is 39.5 Å². The molecule has 0 saturated carbocycles. The van der Waals surface area contributed by atoms with E-state index in [1.165, 1.54) is 0 Å². The van der Waals surface area contributed by atoms with Gasteiger partial charge in [-0.3, -0.25) is 0 Å². The molecule has 0 fully saturated rings. The molecule has 0 aromatic heterocycles. The maximum absolute atomic E-state index is 14.1. The summed E-state index contributed by atoms with van der Waals surface area (Å²) in [5, 5.41) is 6.95. The van der Waals surface area contributed by atoms with Crippen LogP contribution >= 0.6 is 0 Å². The minimum Gasteiger partial charge on any atom is -0.487 e. The third-order valence-corrected chi connectivity index (χ3v) is 3.74. The van der Waals surface area contributed by atoms with Gasteiger partial charge in [-0.05, 0) is 25.5 Å². The van der Waals surface area contributed by atoms with Crippen molar-refractivity contribution in [3.05, 3.63) is 53.1 Å². The number of nitrogens with zero attached hydrogens (tertiary/aromatic N) is 2. The van der Waals surface area contributed by atoms with Gasteiger partial charge < -0.3 is 4.74 Å². The molecule has 0 aliphatic heterocycles. The number of hydrogen-bond acceptors (Lipinski definition) is 3. The molecule has 0 amide bonds. The van der Waals surface area contributed by atoms with Gasteiger partial charge in [-0.2, -0.15) is 13.9 Å². The van der Waals surface area contributed by atoms with Crippen molar-refractivity contribution in [1.82, 2.24) is 0 Å². The molecule has 3 nitrogen and oxygen atoms in total. The van der Waals surface area contributed by atoms with E-state index in [-0.39, 0.29) is 6.61 Å². The molecule has 140 valence electrons. The molecule has 0 saturated heterocycles. The molecule has 0 unspecified atom stereocenters. The molecule has 2 aromatic carbocycles. The first-order valence-corrected chi connectivity index (χ1v) is 8.42. The molecule has 26 heavy (non-hydrogen) atoms. The van der Waals surface area contributed by atoms with Crippen LogP contribution in [0.5, 0.6) is 5.75 Å². The number of aryl methyl sites for hydroxylation is 1. The Kier molecular flexibility index (Phi) is 7.12. The van der Waals surface area contributed by atoms with Crippen molar-refractivity contribution < 1.29 is 22.3 Å². The summed E-state index contributed by atoms with van der Waals surface area (Å²) in [7, 11) is 0. The van der Waals surface area contributed by atoms with E-state index < -0.39 is 34.7 Å². The van der Waals surface area contributed by atoms with Crippen LogP contribution < -0.4 is 4.74 Å². The van der Waals surface area contributed by atoms with Gasteiger partial charge in [0.25, 0.3) is 0 Å². The summed E-state index contributed by atoms with van der Waals surface area (Å²) in [4.78, 5) is 0. The Morgan fingerprint density at radius 1 is 0.808 bits per heavy atom. The van der Waals surface area contributed by atoms with Gasteiger partial charge in [0.1, 0.15) is 0 Å². The molecular formula is C19H20F4N2O. The maximum Gasteiger partial charge on any atom is 0.206 e. The van der Waals surface area contributed by atoms with E-state index in [1.807, 2.05) is 13.8 Å². The lowest BCUT2D eigenvalue weighted by molar-refractivity contribution is 0.264. The standard InChI is InChI=1S/C19H20F4N2O/c1-3-4-5-6-11-26-19-16(22)14(20)18(15(21)17(19)23)25-24-13-9-7-12(2)8-10-13/h7-10H,3-6,11H2,1-2H3. The highest BCUT2D eigenvalue weighted by Crippen LogP contribution is 2.35. The summed E-state index contributed by atoms with van der Waals surface area (Å²) < 4.78 is 61.2. The van der Waals surface area contributed by atoms with Crippen LogP contribution in [0.4, 0.5) is 28.9 Å². The first kappa shape index (κ1) is 19.9. The number of rotatable bonds is 8. The SMILES string of the molecule is CCCCCCOc1c(F)c(F)c(N=Nc2ccc(C)cc2)c(F)c1F. The number of halogens is 4. The van der Waals surface area contributed by atoms with E-state index in [0.29, 0.717) is 12.1 Å². The monoisotopic (exact) mass is 368 g/mol. The lowest BCUT2D eigenvalue weighted by Crippen LogP contribution is -2.05. The quantitative estimate of drug-likeness (QED) is 0.215. The molecule has 0 N–H and O–H groups in total. The molecule has 7 heteroatoms. The Morgan fingerprint density at radius 2 is 1.42 bits per heavy atom. The van der Waals surface area contributed by atoms with Crippen LogP contribution in [0, 0.1) is 30.2 Å². The normalized spacial score (nSPS) is 11.3. The summed E-state index contributed by atoms with van der Waals surface area (Å²) in [6.45, 7) is 3.83. The molecule has 0 bridgehead atoms. The average Bonchev–Trinajstić information content (AvgIpc) is 2.64. The lowest BCUT2D eigenvalue weighted by Gasteiger charge is -2.10. The van der Waals surface area contributed by atoms with Crippen molar-refractivity contribution in [3.63, 3.8) is 0 Å². The molecule has 2 rings (SSSR count). The van der Waals surface area contributed by atoms with Gasteiger partial charge >= 0.3 is 0 Å². The van der Waals surface area contributed by atoms with Gasteiger partial charge in [0.05, 0.1) is 12.3 Å². The topological polar surface area (TPSA) is 34.0 Å². The first-order chi connectivity index (χ1) is 12.5. The molecule has 0 heterocycles. The van der Waals surface area contributed by atoms with Crippen LogP contribution in [0.25, 0.3) is 0 Å². The van der Waals surface area contributed by atoms with E-state index >= 15 is 0 Å². The smallest absolute Gasteiger partial charge is 0.206 e. The van der Waals surface area contributed by atoms with Crippen LogP contribution in [0.3, 0.4) is 0 Å². The summed E-state index contributed by atoms with van der Waals surface area (Å²) in [6, 6.07) is 6.57. The van der Waals surface area contributed by atoms with Crippen molar-refractivity contribution in [3.8, 4) is 5.75 Å². The van der Waals surface area contributed by atoms with Crippen LogP contribution in [-0.4, -0.2) is 6.61 Å². The summed E-state index contributed by atoms with van der Waals surface area (Å²) in [6.07, 6.45) is 3.25. The van der Waals surface area contributed by atoms with Gasteiger partial charge in [0.2, 0.25) is 11.6 Å². The number of unbranched alkanes of at least 4 members (excludes halogenated alkanes) is 3. The first-order valence-electron chi connectivity index (χ1n) is 8.42. The lowest BCUT2D eigenvalue weighted by atomic mass is 10.2. The predicted molar refractivity (Wildman–Crippen MR) is 91.3 cm³/mol. The molecular weight excluding hydrogens is 348 g/mol. The van der Waals surface area contributed by atoms with Crippen molar-refractivity contribution in [2.24, 2.45) is 10.2 Å². The maximum atomic E-state index is 14.1. The Bertz CT molecular complexity index is 747. The zero-order valence-electron chi connectivity index (χ0n) is 14.7. The Morgan fingerprint density at radius 3 is 2.00 bits per heavy atom. The fourth-order valence-electron chi connectivity index (χ4n) is 2.24. The minimum atomic E-state index is -1.64. The van der Waals surface area contributed by atoms with Gasteiger partial charge in [-0.15, -0.1) is 5.11 Å². The number of azo groups is 1. The summed E-state index contributed by atoms with van der Waals surface area (Å²) in [5.41, 5.74) is 0.129. The second-order valence-electron chi connectivity index (χ2n) is 5.88. The van der Waals surface area contributed by atoms with Gasteiger partial charge in [0, 0.05) is 0 Å². The van der Waals surface area contributed by atoms with Crippen LogP contribution in [-0.2, 0) is 0 Å². The van der Waals surface area contributed by atoms with E-state index in [9.17, 15) is 17.6 Å². The minimum absolute atomic E-state index is 0.0308. The van der Waals surface area contributed by atoms with E-state index in [1.54, 1.807) is 24.3 Å². The third kappa shape index (κ3) is 4.80. The van der Waals surface area contributed by atoms with E-state index in [2.05, 4.69) is 10.2 Å². The number of benzene rings is 2. The molecule has 2 aromatic rings. The predicted octanol–water partition coefficient (Wildman–Crippen LogP) is 6.93. The Hall–Kier alpha value is -2.44. The fraction of sp³-hybridized carbons (Fsp3) is 0.368. The van der Waals surface area contributed by atoms with Gasteiger partial charge in [-0.25, -0.2) is 8.78 Å². The van der Waals surface area contributed by atoms with E-state index in [0.717, 1.165) is 24.8 Å². The Labute approximate surface area is 149 Å². The molecule has 0 spiro atoms. The van der Waals surface area contributed by atoms with Gasteiger partial charge in [0.15, 0.2) is 23.1 Å². The largest absolute Gasteiger partial charge is 0.487 e. The second kappa shape index (κ2) is 9.31. The molecule has 0 radical (unpaired) electrons. The summed E-state index contributed by atoms with van der Waals surface area (Å²) in [5.74, 6) is -7.56. The fourth-order valence-corrected chi connectivity index (χ4v) is 2.24. The zero-order chi connectivity index (χ0) is 19.1. The zero-order valence-corrected chi connectivity index (χ0v) is 14.7. The number of hydrogen-bond donors (Lipinski definition) is 0. The van der Waals surface area contributed by atoms with Crippen LogP contribution in [0.15, 0.2) is 34.5 Å².